The third-order valence-electron chi connectivity index (χ3n) is 6.77. The highest BCUT2D eigenvalue weighted by Gasteiger charge is 2.31. The predicted octanol–water partition coefficient (Wildman–Crippen LogP) is 5.98. The van der Waals surface area contributed by atoms with Crippen LogP contribution in [0.15, 0.2) is 60.8 Å². The number of rotatable bonds is 6. The summed E-state index contributed by atoms with van der Waals surface area (Å²) in [4.78, 5) is 21.1. The number of nitrogens with zero attached hydrogens (tertiary/aromatic N) is 4. The second-order valence-corrected chi connectivity index (χ2v) is 10.0. The molecule has 3 heterocycles. The van der Waals surface area contributed by atoms with Gasteiger partial charge in [0.2, 0.25) is 0 Å². The highest BCUT2D eigenvalue weighted by molar-refractivity contribution is 6.32. The number of nitrogens with one attached hydrogen (secondary N) is 1. The van der Waals surface area contributed by atoms with E-state index in [9.17, 15) is 18.0 Å². The van der Waals surface area contributed by atoms with Crippen LogP contribution in [0.1, 0.15) is 28.5 Å². The Balaban J connectivity index is 1.21. The first-order valence-corrected chi connectivity index (χ1v) is 12.9. The Labute approximate surface area is 232 Å². The molecule has 12 heteroatoms. The molecule has 1 saturated heterocycles. The van der Waals surface area contributed by atoms with E-state index in [0.717, 1.165) is 11.3 Å². The number of imidazole rings is 1. The molecule has 1 fully saturated rings. The summed E-state index contributed by atoms with van der Waals surface area (Å²) in [6, 6.07) is 14.2. The molecule has 0 aliphatic carbocycles. The number of aryl methyl sites for hydroxylation is 1. The van der Waals surface area contributed by atoms with Gasteiger partial charge in [-0.1, -0.05) is 23.7 Å². The van der Waals surface area contributed by atoms with Crippen molar-refractivity contribution in [3.05, 3.63) is 88.6 Å². The van der Waals surface area contributed by atoms with Gasteiger partial charge in [-0.25, -0.2) is 9.37 Å². The number of fused-ring (bicyclic) bond motifs is 1. The van der Waals surface area contributed by atoms with Crippen LogP contribution in [0.5, 0.6) is 5.75 Å². The van der Waals surface area contributed by atoms with Gasteiger partial charge in [-0.2, -0.15) is 0 Å². The number of carbonyl (C=O) groups is 1. The molecular formula is C28H26ClF4N5O2. The van der Waals surface area contributed by atoms with Crippen LogP contribution < -0.4 is 19.9 Å². The number of alkyl halides is 3. The van der Waals surface area contributed by atoms with Crippen molar-refractivity contribution in [1.82, 2.24) is 14.7 Å². The van der Waals surface area contributed by atoms with Crippen LogP contribution >= 0.6 is 11.6 Å². The minimum Gasteiger partial charge on any atom is -0.406 e. The molecule has 0 spiro atoms. The van der Waals surface area contributed by atoms with Gasteiger partial charge in [0.25, 0.3) is 5.91 Å². The monoisotopic (exact) mass is 575 g/mol. The number of ether oxygens (including phenoxy) is 1. The molecule has 2 aromatic heterocycles. The predicted molar refractivity (Wildman–Crippen MR) is 145 cm³/mol. The van der Waals surface area contributed by atoms with Crippen molar-refractivity contribution in [1.29, 1.82) is 0 Å². The van der Waals surface area contributed by atoms with E-state index in [0.29, 0.717) is 36.5 Å². The zero-order valence-corrected chi connectivity index (χ0v) is 22.4. The molecule has 1 atom stereocenters. The number of halogens is 5. The summed E-state index contributed by atoms with van der Waals surface area (Å²) in [6.07, 6.45) is -2.97. The largest absolute Gasteiger partial charge is 0.573 e. The Morgan fingerprint density at radius 1 is 1.12 bits per heavy atom. The topological polar surface area (TPSA) is 62.1 Å². The van der Waals surface area contributed by atoms with E-state index >= 15 is 4.39 Å². The van der Waals surface area contributed by atoms with Gasteiger partial charge in [-0.15, -0.1) is 13.2 Å². The van der Waals surface area contributed by atoms with E-state index in [1.54, 1.807) is 40.9 Å². The molecule has 0 unspecified atom stereocenters. The molecular weight excluding hydrogens is 550 g/mol. The lowest BCUT2D eigenvalue weighted by atomic mass is 10.1. The second kappa shape index (κ2) is 10.9. The van der Waals surface area contributed by atoms with E-state index in [4.69, 9.17) is 11.6 Å². The van der Waals surface area contributed by atoms with Crippen LogP contribution in [0, 0.1) is 12.7 Å². The van der Waals surface area contributed by atoms with Crippen molar-refractivity contribution < 1.29 is 27.1 Å². The van der Waals surface area contributed by atoms with Gasteiger partial charge in [0.05, 0.1) is 5.69 Å². The van der Waals surface area contributed by atoms with Crippen molar-refractivity contribution in [2.75, 3.05) is 29.4 Å². The van der Waals surface area contributed by atoms with E-state index in [2.05, 4.69) is 19.9 Å². The van der Waals surface area contributed by atoms with Gasteiger partial charge >= 0.3 is 6.36 Å². The first-order valence-electron chi connectivity index (χ1n) is 12.6. The summed E-state index contributed by atoms with van der Waals surface area (Å²) < 4.78 is 58.1. The molecule has 2 aromatic carbocycles. The summed E-state index contributed by atoms with van der Waals surface area (Å²) in [6.45, 7) is 5.56. The minimum absolute atomic E-state index is 0.0274. The van der Waals surface area contributed by atoms with Crippen molar-refractivity contribution in [3.63, 3.8) is 0 Å². The molecule has 4 aromatic rings. The first kappa shape index (κ1) is 27.6. The van der Waals surface area contributed by atoms with Crippen molar-refractivity contribution in [3.8, 4) is 5.75 Å². The molecule has 7 nitrogen and oxygen atoms in total. The average Bonchev–Trinajstić information content (AvgIpc) is 3.22. The fourth-order valence-electron chi connectivity index (χ4n) is 4.91. The number of anilines is 2. The summed E-state index contributed by atoms with van der Waals surface area (Å²) in [5.74, 6) is -1.11. The van der Waals surface area contributed by atoms with Crippen LogP contribution in [-0.4, -0.2) is 47.3 Å². The fourth-order valence-corrected chi connectivity index (χ4v) is 5.17. The van der Waals surface area contributed by atoms with Crippen molar-refractivity contribution in [2.45, 2.75) is 32.8 Å². The van der Waals surface area contributed by atoms with Crippen LogP contribution in [0.3, 0.4) is 0 Å². The maximum atomic E-state index is 15.2. The average molecular weight is 576 g/mol. The summed E-state index contributed by atoms with van der Waals surface area (Å²) in [7, 11) is 0. The van der Waals surface area contributed by atoms with Crippen molar-refractivity contribution >= 4 is 34.5 Å². The van der Waals surface area contributed by atoms with E-state index in [1.807, 2.05) is 24.8 Å². The molecule has 0 bridgehead atoms. The molecule has 5 rings (SSSR count). The van der Waals surface area contributed by atoms with Gasteiger partial charge in [0, 0.05) is 44.1 Å². The lowest BCUT2D eigenvalue weighted by Gasteiger charge is -2.42. The SMILES string of the molecule is Cc1ccc2nc(Cl)c(C(=O)NCc3ccc(N4CCN(c5ccc(OC(F)(F)F)cc5)[C@@H](C)C4)c(F)c3)n2c1. The Bertz CT molecular complexity index is 1540. The maximum Gasteiger partial charge on any atom is 0.573 e. The number of hydrogen-bond acceptors (Lipinski definition) is 5. The Morgan fingerprint density at radius 2 is 1.88 bits per heavy atom. The highest BCUT2D eigenvalue weighted by Crippen LogP contribution is 2.29. The number of piperazine rings is 1. The van der Waals surface area contributed by atoms with Gasteiger partial charge in [-0.3, -0.25) is 9.20 Å². The van der Waals surface area contributed by atoms with E-state index < -0.39 is 18.1 Å². The Hall–Kier alpha value is -3.99. The van der Waals surface area contributed by atoms with Crippen LogP contribution in [0.4, 0.5) is 28.9 Å². The van der Waals surface area contributed by atoms with Gasteiger partial charge in [0.1, 0.15) is 17.2 Å². The Kier molecular flexibility index (Phi) is 7.50. The number of benzene rings is 2. The zero-order valence-electron chi connectivity index (χ0n) is 21.7. The molecule has 1 aliphatic rings. The number of pyridine rings is 1. The normalized spacial score (nSPS) is 15.9. The molecule has 210 valence electrons. The number of hydrogen-bond donors (Lipinski definition) is 1. The molecule has 1 N–H and O–H groups in total. The third-order valence-corrected chi connectivity index (χ3v) is 7.04. The smallest absolute Gasteiger partial charge is 0.406 e. The van der Waals surface area contributed by atoms with Crippen LogP contribution in [-0.2, 0) is 6.54 Å². The quantitative estimate of drug-likeness (QED) is 0.287. The summed E-state index contributed by atoms with van der Waals surface area (Å²) in [5, 5.41) is 2.87. The zero-order chi connectivity index (χ0) is 28.6. The second-order valence-electron chi connectivity index (χ2n) is 9.68. The maximum absolute atomic E-state index is 15.2. The van der Waals surface area contributed by atoms with Crippen LogP contribution in [0.25, 0.3) is 5.65 Å². The summed E-state index contributed by atoms with van der Waals surface area (Å²) in [5.41, 5.74) is 3.50. The van der Waals surface area contributed by atoms with Gasteiger partial charge < -0.3 is 19.9 Å². The Morgan fingerprint density at radius 3 is 2.55 bits per heavy atom. The fraction of sp³-hybridized carbons (Fsp3) is 0.286. The molecule has 1 amide bonds. The van der Waals surface area contributed by atoms with Crippen molar-refractivity contribution in [2.24, 2.45) is 0 Å². The number of aromatic nitrogens is 2. The van der Waals surface area contributed by atoms with E-state index in [-0.39, 0.29) is 29.2 Å². The third kappa shape index (κ3) is 5.94. The standard InChI is InChI=1S/C28H26ClF4N5O2/c1-17-3-10-24-35-26(29)25(38(24)15-17)27(39)34-14-19-4-9-23(22(30)13-19)36-11-12-37(18(2)16-36)20-5-7-21(8-6-20)40-28(31,32)33/h3-10,13,15,18H,11-12,14,16H2,1-2H3,(H,34,39)/t18-/m0/s1. The molecule has 0 radical (unpaired) electrons. The molecule has 40 heavy (non-hydrogen) atoms. The lowest BCUT2D eigenvalue weighted by Crippen LogP contribution is -2.52. The molecule has 0 saturated carbocycles. The lowest BCUT2D eigenvalue weighted by molar-refractivity contribution is -0.274. The van der Waals surface area contributed by atoms with Gasteiger partial charge in [0.15, 0.2) is 10.8 Å². The summed E-state index contributed by atoms with van der Waals surface area (Å²) >= 11 is 6.21. The van der Waals surface area contributed by atoms with E-state index in [1.165, 1.54) is 18.2 Å². The molecule has 1 aliphatic heterocycles. The van der Waals surface area contributed by atoms with Crippen LogP contribution in [0.2, 0.25) is 5.15 Å². The first-order chi connectivity index (χ1) is 19.0. The number of amides is 1. The van der Waals surface area contributed by atoms with Gasteiger partial charge in [-0.05, 0) is 67.4 Å². The minimum atomic E-state index is -4.74. The highest BCUT2D eigenvalue weighted by atomic mass is 35.5. The number of carbonyl (C=O) groups excluding carboxylic acids is 1.